The summed E-state index contributed by atoms with van der Waals surface area (Å²) in [5.74, 6) is -0.256. The molecule has 6 heteroatoms. The van der Waals surface area contributed by atoms with E-state index in [0.29, 0.717) is 17.2 Å². The highest BCUT2D eigenvalue weighted by Gasteiger charge is 2.22. The number of nitrogens with zero attached hydrogens (tertiary/aromatic N) is 2. The Kier molecular flexibility index (Phi) is 5.16. The molecule has 0 aliphatic carbocycles. The zero-order valence-corrected chi connectivity index (χ0v) is 16.1. The minimum Gasteiger partial charge on any atom is -0.497 e. The van der Waals surface area contributed by atoms with E-state index in [9.17, 15) is 8.78 Å². The van der Waals surface area contributed by atoms with Crippen molar-refractivity contribution in [2.45, 2.75) is 6.04 Å². The summed E-state index contributed by atoms with van der Waals surface area (Å²) in [6.45, 7) is 0.320. The van der Waals surface area contributed by atoms with Gasteiger partial charge in [0.05, 0.1) is 25.6 Å². The van der Waals surface area contributed by atoms with E-state index < -0.39 is 11.6 Å². The van der Waals surface area contributed by atoms with Crippen molar-refractivity contribution in [1.82, 2.24) is 4.90 Å². The highest BCUT2D eigenvalue weighted by atomic mass is 19.2. The average Bonchev–Trinajstić information content (AvgIpc) is 2.76. The number of hydrogen-bond donors (Lipinski definition) is 0. The van der Waals surface area contributed by atoms with E-state index in [0.717, 1.165) is 28.7 Å². The summed E-state index contributed by atoms with van der Waals surface area (Å²) < 4.78 is 37.8. The number of benzene rings is 3. The van der Waals surface area contributed by atoms with Crippen molar-refractivity contribution in [3.63, 3.8) is 0 Å². The fourth-order valence-corrected chi connectivity index (χ4v) is 3.47. The molecular formula is C23H20F2N2O2. The van der Waals surface area contributed by atoms with Gasteiger partial charge in [-0.2, -0.15) is 0 Å². The highest BCUT2D eigenvalue weighted by molar-refractivity contribution is 5.41. The van der Waals surface area contributed by atoms with Gasteiger partial charge in [-0.25, -0.2) is 8.78 Å². The fourth-order valence-electron chi connectivity index (χ4n) is 3.47. The molecule has 0 atom stereocenters. The Labute approximate surface area is 167 Å². The first kappa shape index (κ1) is 18.9. The minimum atomic E-state index is -0.892. The lowest BCUT2D eigenvalue weighted by atomic mass is 9.97. The summed E-state index contributed by atoms with van der Waals surface area (Å²) in [5.41, 5.74) is 2.04. The summed E-state index contributed by atoms with van der Waals surface area (Å²) >= 11 is 0. The fraction of sp³-hybridized carbons (Fsp3) is 0.174. The van der Waals surface area contributed by atoms with Gasteiger partial charge < -0.3 is 14.4 Å². The minimum absolute atomic E-state index is 0.170. The molecule has 0 saturated carbocycles. The molecule has 4 rings (SSSR count). The molecule has 3 aromatic carbocycles. The van der Waals surface area contributed by atoms with E-state index in [-0.39, 0.29) is 6.04 Å². The maximum absolute atomic E-state index is 13.8. The second-order valence-electron chi connectivity index (χ2n) is 6.72. The maximum Gasteiger partial charge on any atom is 0.161 e. The van der Waals surface area contributed by atoms with E-state index >= 15 is 0 Å². The molecule has 1 aliphatic heterocycles. The van der Waals surface area contributed by atoms with Gasteiger partial charge in [0.25, 0.3) is 0 Å². The predicted octanol–water partition coefficient (Wildman–Crippen LogP) is 3.40. The Bertz CT molecular complexity index is 1080. The van der Waals surface area contributed by atoms with E-state index in [4.69, 9.17) is 9.47 Å². The van der Waals surface area contributed by atoms with Gasteiger partial charge in [0.15, 0.2) is 11.6 Å². The summed E-state index contributed by atoms with van der Waals surface area (Å²) in [6.07, 6.45) is 1.82. The van der Waals surface area contributed by atoms with Crippen LogP contribution in [-0.2, 0) is 0 Å². The van der Waals surface area contributed by atoms with Crippen LogP contribution in [0.3, 0.4) is 0 Å². The van der Waals surface area contributed by atoms with Gasteiger partial charge in [0, 0.05) is 17.5 Å². The van der Waals surface area contributed by atoms with Gasteiger partial charge in [0.1, 0.15) is 18.2 Å². The lowest BCUT2D eigenvalue weighted by molar-refractivity contribution is 0.349. The van der Waals surface area contributed by atoms with Crippen LogP contribution in [0.4, 0.5) is 8.78 Å². The SMILES string of the molecule is COc1ccc(C(c2ccc(OC)cc2)N2C=c3cc(F)c(F)cc3=NC2)cc1. The quantitative estimate of drug-likeness (QED) is 0.665. The second kappa shape index (κ2) is 7.91. The average molecular weight is 394 g/mol. The van der Waals surface area contributed by atoms with E-state index in [1.165, 1.54) is 6.07 Å². The number of hydrogen-bond acceptors (Lipinski definition) is 4. The van der Waals surface area contributed by atoms with Gasteiger partial charge in [-0.1, -0.05) is 24.3 Å². The van der Waals surface area contributed by atoms with Crippen LogP contribution in [0.2, 0.25) is 0 Å². The molecule has 0 fully saturated rings. The first-order chi connectivity index (χ1) is 14.1. The van der Waals surface area contributed by atoms with Gasteiger partial charge in [-0.3, -0.25) is 4.99 Å². The summed E-state index contributed by atoms with van der Waals surface area (Å²) in [7, 11) is 3.25. The topological polar surface area (TPSA) is 34.1 Å². The molecule has 29 heavy (non-hydrogen) atoms. The van der Waals surface area contributed by atoms with Crippen molar-refractivity contribution < 1.29 is 18.3 Å². The molecule has 1 heterocycles. The molecule has 148 valence electrons. The van der Waals surface area contributed by atoms with Crippen LogP contribution in [0.25, 0.3) is 6.20 Å². The Morgan fingerprint density at radius 1 is 0.828 bits per heavy atom. The maximum atomic E-state index is 13.8. The third-order valence-electron chi connectivity index (χ3n) is 4.97. The van der Waals surface area contributed by atoms with Crippen LogP contribution in [0.5, 0.6) is 11.5 Å². The van der Waals surface area contributed by atoms with Crippen molar-refractivity contribution in [1.29, 1.82) is 0 Å². The largest absolute Gasteiger partial charge is 0.497 e. The molecule has 0 unspecified atom stereocenters. The zero-order valence-electron chi connectivity index (χ0n) is 16.1. The number of rotatable bonds is 5. The third kappa shape index (κ3) is 3.78. The molecule has 0 radical (unpaired) electrons. The molecule has 0 saturated heterocycles. The van der Waals surface area contributed by atoms with Crippen molar-refractivity contribution in [2.24, 2.45) is 4.99 Å². The van der Waals surface area contributed by atoms with Gasteiger partial charge in [-0.15, -0.1) is 0 Å². The number of fused-ring (bicyclic) bond motifs is 1. The molecule has 3 aromatic rings. The van der Waals surface area contributed by atoms with Crippen molar-refractivity contribution >= 4 is 6.20 Å². The molecule has 0 bridgehead atoms. The Hall–Kier alpha value is -3.41. The molecular weight excluding hydrogens is 374 g/mol. The Morgan fingerprint density at radius 3 is 1.86 bits per heavy atom. The standard InChI is InChI=1S/C23H20F2N2O2/c1-28-18-7-3-15(4-8-18)23(16-5-9-19(29-2)10-6-16)27-13-17-11-20(24)21(25)12-22(17)26-14-27/h3-13,23H,14H2,1-2H3. The highest BCUT2D eigenvalue weighted by Crippen LogP contribution is 2.31. The van der Waals surface area contributed by atoms with Gasteiger partial charge in [-0.05, 0) is 41.5 Å². The van der Waals surface area contributed by atoms with Crippen LogP contribution in [0, 0.1) is 11.6 Å². The first-order valence-electron chi connectivity index (χ1n) is 9.14. The normalized spacial score (nSPS) is 12.8. The van der Waals surface area contributed by atoms with Crippen LogP contribution < -0.4 is 20.0 Å². The van der Waals surface area contributed by atoms with Gasteiger partial charge in [0.2, 0.25) is 0 Å². The summed E-state index contributed by atoms with van der Waals surface area (Å²) in [6, 6.07) is 17.7. The van der Waals surface area contributed by atoms with Crippen LogP contribution in [0.1, 0.15) is 17.2 Å². The summed E-state index contributed by atoms with van der Waals surface area (Å²) in [4.78, 5) is 6.46. The Morgan fingerprint density at radius 2 is 1.34 bits per heavy atom. The molecule has 1 aliphatic rings. The molecule has 0 N–H and O–H groups in total. The van der Waals surface area contributed by atoms with Crippen LogP contribution in [0.15, 0.2) is 65.7 Å². The predicted molar refractivity (Wildman–Crippen MR) is 106 cm³/mol. The van der Waals surface area contributed by atoms with E-state index in [1.54, 1.807) is 14.2 Å². The van der Waals surface area contributed by atoms with Gasteiger partial charge >= 0.3 is 0 Å². The van der Waals surface area contributed by atoms with Crippen molar-refractivity contribution in [3.05, 3.63) is 94.0 Å². The third-order valence-corrected chi connectivity index (χ3v) is 4.97. The molecule has 0 aromatic heterocycles. The van der Waals surface area contributed by atoms with Crippen LogP contribution in [-0.4, -0.2) is 25.8 Å². The number of halogens is 2. The second-order valence-corrected chi connectivity index (χ2v) is 6.72. The zero-order chi connectivity index (χ0) is 20.4. The molecule has 0 amide bonds. The first-order valence-corrected chi connectivity index (χ1v) is 9.14. The molecule has 0 spiro atoms. The van der Waals surface area contributed by atoms with Crippen molar-refractivity contribution in [3.8, 4) is 11.5 Å². The van der Waals surface area contributed by atoms with E-state index in [2.05, 4.69) is 4.99 Å². The van der Waals surface area contributed by atoms with Crippen molar-refractivity contribution in [2.75, 3.05) is 20.9 Å². The monoisotopic (exact) mass is 394 g/mol. The lowest BCUT2D eigenvalue weighted by Gasteiger charge is -2.31. The number of ether oxygens (including phenoxy) is 2. The Balaban J connectivity index is 1.80. The lowest BCUT2D eigenvalue weighted by Crippen LogP contribution is -2.38. The molecule has 4 nitrogen and oxygen atoms in total. The van der Waals surface area contributed by atoms with E-state index in [1.807, 2.05) is 59.6 Å². The summed E-state index contributed by atoms with van der Waals surface area (Å²) in [5, 5.41) is 0.991. The number of methoxy groups -OCH3 is 2. The smallest absolute Gasteiger partial charge is 0.161 e. The van der Waals surface area contributed by atoms with Crippen LogP contribution >= 0.6 is 0 Å².